The van der Waals surface area contributed by atoms with Crippen molar-refractivity contribution in [2.75, 3.05) is 26.2 Å². The number of methoxy groups -OCH3 is 2. The molecule has 27 heavy (non-hydrogen) atoms. The zero-order valence-corrected chi connectivity index (χ0v) is 15.8. The lowest BCUT2D eigenvalue weighted by Gasteiger charge is -2.20. The van der Waals surface area contributed by atoms with Crippen LogP contribution in [-0.4, -0.2) is 37.1 Å². The molecule has 6 nitrogen and oxygen atoms in total. The molecular weight excluding hydrogens is 349 g/mol. The van der Waals surface area contributed by atoms with Gasteiger partial charge in [0.15, 0.2) is 11.5 Å². The number of fused-ring (bicyclic) bond motifs is 1. The van der Waals surface area contributed by atoms with Crippen molar-refractivity contribution < 1.29 is 18.7 Å². The number of aromatic nitrogens is 2. The van der Waals surface area contributed by atoms with Crippen molar-refractivity contribution in [3.63, 3.8) is 0 Å². The summed E-state index contributed by atoms with van der Waals surface area (Å²) < 4.78 is 24.6. The van der Waals surface area contributed by atoms with Crippen molar-refractivity contribution in [1.29, 1.82) is 0 Å². The predicted molar refractivity (Wildman–Crippen MR) is 101 cm³/mol. The van der Waals surface area contributed by atoms with Crippen LogP contribution in [0, 0.1) is 19.7 Å². The van der Waals surface area contributed by atoms with Crippen LogP contribution in [0.2, 0.25) is 0 Å². The first kappa shape index (κ1) is 18.6. The Labute approximate surface area is 156 Å². The predicted octanol–water partition coefficient (Wildman–Crippen LogP) is 3.68. The summed E-state index contributed by atoms with van der Waals surface area (Å²) in [5.41, 5.74) is 2.83. The molecule has 3 rings (SSSR count). The van der Waals surface area contributed by atoms with Crippen molar-refractivity contribution in [3.05, 3.63) is 53.1 Å². The highest BCUT2D eigenvalue weighted by molar-refractivity contribution is 6.12. The molecule has 0 radical (unpaired) electrons. The second kappa shape index (κ2) is 7.19. The van der Waals surface area contributed by atoms with Gasteiger partial charge in [-0.1, -0.05) is 0 Å². The first-order chi connectivity index (χ1) is 12.8. The third-order valence-corrected chi connectivity index (χ3v) is 4.44. The summed E-state index contributed by atoms with van der Waals surface area (Å²) in [6, 6.07) is 7.57. The highest BCUT2D eigenvalue weighted by atomic mass is 19.1. The van der Waals surface area contributed by atoms with E-state index in [1.807, 2.05) is 0 Å². The lowest BCUT2D eigenvalue weighted by Crippen LogP contribution is -2.27. The molecular formula is C20H20FN3O3. The molecule has 7 heteroatoms. The van der Waals surface area contributed by atoms with Crippen LogP contribution in [0.3, 0.4) is 0 Å². The molecule has 0 aliphatic rings. The Hall–Kier alpha value is -3.22. The summed E-state index contributed by atoms with van der Waals surface area (Å²) in [6.07, 6.45) is 0. The molecule has 0 saturated heterocycles. The van der Waals surface area contributed by atoms with E-state index in [-0.39, 0.29) is 5.56 Å². The summed E-state index contributed by atoms with van der Waals surface area (Å²) in [5, 5.41) is 0. The van der Waals surface area contributed by atoms with E-state index in [1.165, 1.54) is 31.3 Å². The fraction of sp³-hybridized carbons (Fsp3) is 0.250. The minimum Gasteiger partial charge on any atom is -0.493 e. The number of anilines is 1. The Kier molecular flexibility index (Phi) is 4.94. The molecule has 0 unspecified atom stereocenters. The van der Waals surface area contributed by atoms with E-state index in [0.29, 0.717) is 39.6 Å². The number of halogens is 1. The highest BCUT2D eigenvalue weighted by Gasteiger charge is 2.21. The van der Waals surface area contributed by atoms with Crippen LogP contribution in [0.15, 0.2) is 30.3 Å². The number of carbonyl (C=O) groups is 1. The van der Waals surface area contributed by atoms with Crippen LogP contribution in [-0.2, 0) is 0 Å². The minimum absolute atomic E-state index is 0.151. The Morgan fingerprint density at radius 3 is 2.33 bits per heavy atom. The molecule has 2 aromatic carbocycles. The zero-order valence-electron chi connectivity index (χ0n) is 15.8. The average Bonchev–Trinajstić information content (AvgIpc) is 2.67. The van der Waals surface area contributed by atoms with Gasteiger partial charge in [-0.15, -0.1) is 0 Å². The number of amides is 1. The molecule has 1 amide bonds. The van der Waals surface area contributed by atoms with E-state index < -0.39 is 11.7 Å². The summed E-state index contributed by atoms with van der Waals surface area (Å²) >= 11 is 0. The first-order valence-corrected chi connectivity index (χ1v) is 8.30. The van der Waals surface area contributed by atoms with E-state index in [0.717, 1.165) is 0 Å². The lowest BCUT2D eigenvalue weighted by molar-refractivity contribution is 0.0994. The maximum Gasteiger partial charge on any atom is 0.260 e. The summed E-state index contributed by atoms with van der Waals surface area (Å²) in [4.78, 5) is 23.3. The van der Waals surface area contributed by atoms with Gasteiger partial charge in [0.05, 0.1) is 36.7 Å². The Balaban J connectivity index is 2.09. The van der Waals surface area contributed by atoms with E-state index >= 15 is 0 Å². The second-order valence-electron chi connectivity index (χ2n) is 6.12. The van der Waals surface area contributed by atoms with Gasteiger partial charge in [-0.25, -0.2) is 14.4 Å². The zero-order chi connectivity index (χ0) is 19.7. The van der Waals surface area contributed by atoms with Gasteiger partial charge in [-0.3, -0.25) is 4.79 Å². The van der Waals surface area contributed by atoms with Gasteiger partial charge in [0, 0.05) is 24.9 Å². The number of benzene rings is 2. The standard InChI is InChI=1S/C20H20FN3O3/c1-11-12(2)23-19-15(8-13(21)9-16(19)22-11)20(25)24(3)14-6-7-17(26-4)18(10-14)27-5/h6-10H,1-5H3. The Morgan fingerprint density at radius 2 is 1.67 bits per heavy atom. The van der Waals surface area contributed by atoms with Gasteiger partial charge in [-0.05, 0) is 32.0 Å². The summed E-state index contributed by atoms with van der Waals surface area (Å²) in [7, 11) is 4.66. The van der Waals surface area contributed by atoms with E-state index in [4.69, 9.17) is 9.47 Å². The number of nitrogens with zero attached hydrogens (tertiary/aromatic N) is 3. The molecule has 0 saturated carbocycles. The molecule has 0 bridgehead atoms. The molecule has 1 aromatic heterocycles. The molecule has 0 aliphatic heterocycles. The van der Waals surface area contributed by atoms with Crippen LogP contribution in [0.5, 0.6) is 11.5 Å². The lowest BCUT2D eigenvalue weighted by atomic mass is 10.1. The SMILES string of the molecule is COc1ccc(N(C)C(=O)c2cc(F)cc3nc(C)c(C)nc23)cc1OC. The molecule has 0 fully saturated rings. The van der Waals surface area contributed by atoms with Gasteiger partial charge >= 0.3 is 0 Å². The van der Waals surface area contributed by atoms with Gasteiger partial charge in [0.2, 0.25) is 0 Å². The van der Waals surface area contributed by atoms with Crippen LogP contribution in [0.4, 0.5) is 10.1 Å². The molecule has 0 atom stereocenters. The van der Waals surface area contributed by atoms with Crippen molar-refractivity contribution in [3.8, 4) is 11.5 Å². The van der Waals surface area contributed by atoms with E-state index in [9.17, 15) is 9.18 Å². The molecule has 1 heterocycles. The van der Waals surface area contributed by atoms with Crippen molar-refractivity contribution in [1.82, 2.24) is 9.97 Å². The highest BCUT2D eigenvalue weighted by Crippen LogP contribution is 2.32. The van der Waals surface area contributed by atoms with E-state index in [2.05, 4.69) is 9.97 Å². The van der Waals surface area contributed by atoms with Crippen LogP contribution in [0.1, 0.15) is 21.7 Å². The van der Waals surface area contributed by atoms with E-state index in [1.54, 1.807) is 39.1 Å². The minimum atomic E-state index is -0.538. The maximum absolute atomic E-state index is 14.1. The molecule has 140 valence electrons. The monoisotopic (exact) mass is 369 g/mol. The number of ether oxygens (including phenoxy) is 2. The molecule has 0 spiro atoms. The first-order valence-electron chi connectivity index (χ1n) is 8.30. The third-order valence-electron chi connectivity index (χ3n) is 4.44. The van der Waals surface area contributed by atoms with Crippen LogP contribution < -0.4 is 14.4 Å². The number of hydrogen-bond donors (Lipinski definition) is 0. The van der Waals surface area contributed by atoms with Crippen LogP contribution >= 0.6 is 0 Å². The number of hydrogen-bond acceptors (Lipinski definition) is 5. The summed E-state index contributed by atoms with van der Waals surface area (Å²) in [6.45, 7) is 3.60. The topological polar surface area (TPSA) is 64.5 Å². The normalized spacial score (nSPS) is 10.7. The van der Waals surface area contributed by atoms with Gasteiger partial charge in [0.25, 0.3) is 5.91 Å². The van der Waals surface area contributed by atoms with Crippen molar-refractivity contribution in [2.24, 2.45) is 0 Å². The fourth-order valence-electron chi connectivity index (χ4n) is 2.79. The average molecular weight is 369 g/mol. The maximum atomic E-state index is 14.1. The number of aryl methyl sites for hydroxylation is 2. The smallest absolute Gasteiger partial charge is 0.260 e. The van der Waals surface area contributed by atoms with Gasteiger partial charge < -0.3 is 14.4 Å². The molecule has 3 aromatic rings. The Morgan fingerprint density at radius 1 is 1.00 bits per heavy atom. The number of carbonyl (C=O) groups excluding carboxylic acids is 1. The summed E-state index contributed by atoms with van der Waals surface area (Å²) in [5.74, 6) is 0.105. The molecule has 0 N–H and O–H groups in total. The Bertz CT molecular complexity index is 1040. The van der Waals surface area contributed by atoms with Gasteiger partial charge in [-0.2, -0.15) is 0 Å². The van der Waals surface area contributed by atoms with Gasteiger partial charge in [0.1, 0.15) is 11.3 Å². The molecule has 0 aliphatic carbocycles. The van der Waals surface area contributed by atoms with Crippen LogP contribution in [0.25, 0.3) is 11.0 Å². The van der Waals surface area contributed by atoms with Crippen molar-refractivity contribution >= 4 is 22.6 Å². The second-order valence-corrected chi connectivity index (χ2v) is 6.12. The fourth-order valence-corrected chi connectivity index (χ4v) is 2.79. The quantitative estimate of drug-likeness (QED) is 0.702. The number of rotatable bonds is 4. The largest absolute Gasteiger partial charge is 0.493 e. The third kappa shape index (κ3) is 3.40. The van der Waals surface area contributed by atoms with Crippen molar-refractivity contribution in [2.45, 2.75) is 13.8 Å².